The zero-order valence-corrected chi connectivity index (χ0v) is 16.3. The first kappa shape index (κ1) is 19.6. The molecule has 0 aliphatic carbocycles. The van der Waals surface area contributed by atoms with Crippen LogP contribution in [0.1, 0.15) is 12.5 Å². The lowest BCUT2D eigenvalue weighted by atomic mass is 10.2. The maximum absolute atomic E-state index is 12.6. The van der Waals surface area contributed by atoms with Gasteiger partial charge in [-0.15, -0.1) is 0 Å². The highest BCUT2D eigenvalue weighted by atomic mass is 35.5. The Labute approximate surface area is 157 Å². The van der Waals surface area contributed by atoms with E-state index in [1.807, 2.05) is 13.0 Å². The number of anilines is 2. The monoisotopic (exact) mass is 400 g/mol. The molecule has 0 unspecified atom stereocenters. The fourth-order valence-corrected chi connectivity index (χ4v) is 4.01. The van der Waals surface area contributed by atoms with E-state index in [1.165, 1.54) is 19.1 Å². The molecule has 0 aliphatic heterocycles. The van der Waals surface area contributed by atoms with E-state index in [0.717, 1.165) is 16.1 Å². The van der Waals surface area contributed by atoms with Gasteiger partial charge in [0.05, 0.1) is 17.0 Å². The number of halogens is 2. The molecule has 0 radical (unpaired) electrons. The van der Waals surface area contributed by atoms with E-state index in [-0.39, 0.29) is 10.7 Å². The van der Waals surface area contributed by atoms with Crippen LogP contribution in [0, 0.1) is 6.92 Å². The molecule has 1 atom stereocenters. The highest BCUT2D eigenvalue weighted by Crippen LogP contribution is 2.32. The molecule has 0 saturated heterocycles. The van der Waals surface area contributed by atoms with Crippen LogP contribution < -0.4 is 9.62 Å². The first-order valence-electron chi connectivity index (χ1n) is 7.41. The SMILES string of the molecule is Cc1cccc(NC(=O)[C@H](C)N(c2cc(Cl)ccc2Cl)S(C)(=O)=O)c1. The third kappa shape index (κ3) is 4.87. The van der Waals surface area contributed by atoms with Crippen molar-refractivity contribution in [3.05, 3.63) is 58.1 Å². The second-order valence-corrected chi connectivity index (χ2v) is 8.39. The normalized spacial score (nSPS) is 12.5. The van der Waals surface area contributed by atoms with E-state index in [4.69, 9.17) is 23.2 Å². The first-order valence-corrected chi connectivity index (χ1v) is 10.0. The summed E-state index contributed by atoms with van der Waals surface area (Å²) >= 11 is 12.1. The molecule has 0 fully saturated rings. The zero-order valence-electron chi connectivity index (χ0n) is 14.0. The van der Waals surface area contributed by atoms with Crippen LogP contribution in [-0.4, -0.2) is 26.6 Å². The van der Waals surface area contributed by atoms with Gasteiger partial charge in [0.15, 0.2) is 0 Å². The fourth-order valence-electron chi connectivity index (χ4n) is 2.41. The van der Waals surface area contributed by atoms with Gasteiger partial charge in [0.1, 0.15) is 6.04 Å². The average molecular weight is 401 g/mol. The minimum atomic E-state index is -3.77. The van der Waals surface area contributed by atoms with Crippen molar-refractivity contribution in [2.24, 2.45) is 0 Å². The van der Waals surface area contributed by atoms with E-state index in [1.54, 1.807) is 24.3 Å². The van der Waals surface area contributed by atoms with Gasteiger partial charge in [0, 0.05) is 10.7 Å². The van der Waals surface area contributed by atoms with Crippen molar-refractivity contribution in [1.29, 1.82) is 0 Å². The second kappa shape index (κ2) is 7.64. The second-order valence-electron chi connectivity index (χ2n) is 5.69. The van der Waals surface area contributed by atoms with Gasteiger partial charge in [-0.3, -0.25) is 9.10 Å². The van der Waals surface area contributed by atoms with Crippen molar-refractivity contribution in [3.8, 4) is 0 Å². The van der Waals surface area contributed by atoms with Gasteiger partial charge in [0.25, 0.3) is 0 Å². The zero-order chi connectivity index (χ0) is 18.8. The number of carbonyl (C=O) groups excluding carboxylic acids is 1. The predicted molar refractivity (Wildman–Crippen MR) is 103 cm³/mol. The third-order valence-electron chi connectivity index (χ3n) is 3.52. The first-order chi connectivity index (χ1) is 11.6. The maximum atomic E-state index is 12.6. The number of carbonyl (C=O) groups is 1. The number of amides is 1. The van der Waals surface area contributed by atoms with E-state index in [0.29, 0.717) is 10.7 Å². The van der Waals surface area contributed by atoms with Crippen molar-refractivity contribution in [3.63, 3.8) is 0 Å². The fraction of sp³-hybridized carbons (Fsp3) is 0.235. The van der Waals surface area contributed by atoms with Crippen LogP contribution in [0.25, 0.3) is 0 Å². The Morgan fingerprint density at radius 2 is 1.84 bits per heavy atom. The minimum absolute atomic E-state index is 0.156. The molecule has 0 spiro atoms. The molecule has 2 rings (SSSR count). The highest BCUT2D eigenvalue weighted by molar-refractivity contribution is 7.92. The maximum Gasteiger partial charge on any atom is 0.247 e. The molecule has 0 aliphatic rings. The Hall–Kier alpha value is -1.76. The van der Waals surface area contributed by atoms with Gasteiger partial charge in [0.2, 0.25) is 15.9 Å². The lowest BCUT2D eigenvalue weighted by Crippen LogP contribution is -2.45. The minimum Gasteiger partial charge on any atom is -0.324 e. The third-order valence-corrected chi connectivity index (χ3v) is 5.30. The lowest BCUT2D eigenvalue weighted by Gasteiger charge is -2.29. The number of nitrogens with one attached hydrogen (secondary N) is 1. The quantitative estimate of drug-likeness (QED) is 0.821. The summed E-state index contributed by atoms with van der Waals surface area (Å²) in [5, 5.41) is 3.22. The lowest BCUT2D eigenvalue weighted by molar-refractivity contribution is -0.116. The molecule has 1 amide bonds. The molecule has 8 heteroatoms. The van der Waals surface area contributed by atoms with Crippen molar-refractivity contribution >= 4 is 50.5 Å². The summed E-state index contributed by atoms with van der Waals surface area (Å²) in [6.45, 7) is 3.39. The molecule has 1 N–H and O–H groups in total. The predicted octanol–water partition coefficient (Wildman–Crippen LogP) is 4.10. The highest BCUT2D eigenvalue weighted by Gasteiger charge is 2.30. The van der Waals surface area contributed by atoms with Gasteiger partial charge in [-0.2, -0.15) is 0 Å². The summed E-state index contributed by atoms with van der Waals surface area (Å²) in [5.74, 6) is -0.480. The van der Waals surface area contributed by atoms with Crippen LogP contribution in [0.4, 0.5) is 11.4 Å². The largest absolute Gasteiger partial charge is 0.324 e. The van der Waals surface area contributed by atoms with E-state index in [2.05, 4.69) is 5.32 Å². The van der Waals surface area contributed by atoms with Gasteiger partial charge in [-0.25, -0.2) is 8.42 Å². The molecule has 0 heterocycles. The number of benzene rings is 2. The molecule has 0 bridgehead atoms. The van der Waals surface area contributed by atoms with Crippen LogP contribution in [0.2, 0.25) is 10.0 Å². The molecular formula is C17H18Cl2N2O3S. The van der Waals surface area contributed by atoms with Gasteiger partial charge >= 0.3 is 0 Å². The van der Waals surface area contributed by atoms with Gasteiger partial charge < -0.3 is 5.32 Å². The van der Waals surface area contributed by atoms with Crippen molar-refractivity contribution < 1.29 is 13.2 Å². The van der Waals surface area contributed by atoms with E-state index < -0.39 is 22.0 Å². The average Bonchev–Trinajstić information content (AvgIpc) is 2.49. The standard InChI is InChI=1S/C17H18Cl2N2O3S/c1-11-5-4-6-14(9-11)20-17(22)12(2)21(25(3,23)24)16-10-13(18)7-8-15(16)19/h4-10,12H,1-3H3,(H,20,22)/t12-/m0/s1. The number of rotatable bonds is 5. The van der Waals surface area contributed by atoms with Crippen molar-refractivity contribution in [2.45, 2.75) is 19.9 Å². The Bertz CT molecular complexity index is 901. The van der Waals surface area contributed by atoms with Crippen LogP contribution >= 0.6 is 23.2 Å². The van der Waals surface area contributed by atoms with Crippen LogP contribution in [-0.2, 0) is 14.8 Å². The molecule has 0 saturated carbocycles. The Kier molecular flexibility index (Phi) is 5.98. The van der Waals surface area contributed by atoms with E-state index in [9.17, 15) is 13.2 Å². The topological polar surface area (TPSA) is 66.5 Å². The summed E-state index contributed by atoms with van der Waals surface area (Å²) < 4.78 is 25.5. The Morgan fingerprint density at radius 3 is 2.44 bits per heavy atom. The number of sulfonamides is 1. The van der Waals surface area contributed by atoms with Gasteiger partial charge in [-0.05, 0) is 49.7 Å². The number of hydrogen-bond acceptors (Lipinski definition) is 3. The summed E-state index contributed by atoms with van der Waals surface area (Å²) in [7, 11) is -3.77. The molecule has 5 nitrogen and oxygen atoms in total. The number of aryl methyl sites for hydroxylation is 1. The molecule has 134 valence electrons. The number of hydrogen-bond donors (Lipinski definition) is 1. The van der Waals surface area contributed by atoms with Crippen LogP contribution in [0.5, 0.6) is 0 Å². The van der Waals surface area contributed by atoms with E-state index >= 15 is 0 Å². The molecule has 2 aromatic rings. The molecule has 25 heavy (non-hydrogen) atoms. The summed E-state index contributed by atoms with van der Waals surface area (Å²) in [6.07, 6.45) is 1.01. The van der Waals surface area contributed by atoms with Crippen molar-refractivity contribution in [2.75, 3.05) is 15.9 Å². The summed E-state index contributed by atoms with van der Waals surface area (Å²) in [4.78, 5) is 12.6. The molecular weight excluding hydrogens is 383 g/mol. The number of nitrogens with zero attached hydrogens (tertiary/aromatic N) is 1. The van der Waals surface area contributed by atoms with Crippen LogP contribution in [0.3, 0.4) is 0 Å². The molecule has 2 aromatic carbocycles. The summed E-state index contributed by atoms with van der Waals surface area (Å²) in [5.41, 5.74) is 1.72. The van der Waals surface area contributed by atoms with Crippen molar-refractivity contribution in [1.82, 2.24) is 0 Å². The Balaban J connectivity index is 2.38. The molecule has 0 aromatic heterocycles. The summed E-state index contributed by atoms with van der Waals surface area (Å²) in [6, 6.07) is 10.7. The van der Waals surface area contributed by atoms with Crippen LogP contribution in [0.15, 0.2) is 42.5 Å². The smallest absolute Gasteiger partial charge is 0.247 e. The Morgan fingerprint density at radius 1 is 1.16 bits per heavy atom. The van der Waals surface area contributed by atoms with Gasteiger partial charge in [-0.1, -0.05) is 35.3 Å².